The van der Waals surface area contributed by atoms with Gasteiger partial charge in [0.2, 0.25) is 5.96 Å². The summed E-state index contributed by atoms with van der Waals surface area (Å²) in [5.41, 5.74) is 1.43. The molecule has 0 bridgehead atoms. The van der Waals surface area contributed by atoms with Crippen LogP contribution in [-0.2, 0) is 10.0 Å². The number of sulfonamides is 1. The first kappa shape index (κ1) is 15.1. The van der Waals surface area contributed by atoms with E-state index in [4.69, 9.17) is 0 Å². The molecule has 1 unspecified atom stereocenters. The van der Waals surface area contributed by atoms with Gasteiger partial charge in [0.1, 0.15) is 4.90 Å². The first-order valence-corrected chi connectivity index (χ1v) is 8.85. The number of aliphatic hydroxyl groups excluding tert-OH is 1. The average molecular weight is 324 g/mol. The van der Waals surface area contributed by atoms with Gasteiger partial charge in [0.05, 0.1) is 18.3 Å². The summed E-state index contributed by atoms with van der Waals surface area (Å²) in [7, 11) is -3.64. The summed E-state index contributed by atoms with van der Waals surface area (Å²) in [6.45, 7) is 3.64. The Kier molecular flexibility index (Phi) is 3.96. The van der Waals surface area contributed by atoms with E-state index in [1.807, 2.05) is 6.07 Å². The fraction of sp³-hybridized carbons (Fsp3) is 0.500. The molecule has 1 aromatic rings. The van der Waals surface area contributed by atoms with Crippen molar-refractivity contribution in [2.24, 2.45) is 4.99 Å². The predicted octanol–water partition coefficient (Wildman–Crippen LogP) is 0.727. The van der Waals surface area contributed by atoms with Gasteiger partial charge in [-0.2, -0.15) is 0 Å². The average Bonchev–Trinajstić information content (AvgIpc) is 2.98. The molecule has 0 aliphatic carbocycles. The first-order valence-electron chi connectivity index (χ1n) is 7.37. The molecule has 2 aliphatic rings. The minimum atomic E-state index is -3.64. The van der Waals surface area contributed by atoms with Crippen LogP contribution in [0.2, 0.25) is 0 Å². The number of fused-ring (bicyclic) bond motifs is 1. The molecule has 0 radical (unpaired) electrons. The number of hydrogen-bond donors (Lipinski definition) is 3. The zero-order chi connectivity index (χ0) is 15.7. The van der Waals surface area contributed by atoms with E-state index in [0.29, 0.717) is 5.69 Å². The van der Waals surface area contributed by atoms with E-state index in [0.717, 1.165) is 31.6 Å². The molecule has 1 saturated heterocycles. The van der Waals surface area contributed by atoms with Gasteiger partial charge in [-0.05, 0) is 38.0 Å². The number of nitrogens with zero attached hydrogens (tertiary/aromatic N) is 2. The second-order valence-corrected chi connectivity index (χ2v) is 7.29. The zero-order valence-corrected chi connectivity index (χ0v) is 13.2. The third kappa shape index (κ3) is 3.02. The molecule has 7 nitrogen and oxygen atoms in total. The van der Waals surface area contributed by atoms with Gasteiger partial charge in [-0.1, -0.05) is 0 Å². The molecule has 0 amide bonds. The van der Waals surface area contributed by atoms with Gasteiger partial charge < -0.3 is 15.3 Å². The van der Waals surface area contributed by atoms with Crippen LogP contribution < -0.4 is 14.9 Å². The molecule has 3 N–H and O–H groups in total. The van der Waals surface area contributed by atoms with Crippen molar-refractivity contribution in [3.8, 4) is 0 Å². The van der Waals surface area contributed by atoms with Gasteiger partial charge >= 0.3 is 0 Å². The monoisotopic (exact) mass is 324 g/mol. The van der Waals surface area contributed by atoms with Crippen molar-refractivity contribution in [2.75, 3.05) is 29.9 Å². The predicted molar refractivity (Wildman–Crippen MR) is 85.8 cm³/mol. The van der Waals surface area contributed by atoms with Crippen LogP contribution in [0.4, 0.5) is 11.4 Å². The lowest BCUT2D eigenvalue weighted by Gasteiger charge is -2.24. The molecule has 3 rings (SSSR count). The number of guanidine groups is 1. The highest BCUT2D eigenvalue weighted by molar-refractivity contribution is 7.90. The summed E-state index contributed by atoms with van der Waals surface area (Å²) in [5.74, 6) is 0.141. The summed E-state index contributed by atoms with van der Waals surface area (Å²) in [6.07, 6.45) is 1.64. The summed E-state index contributed by atoms with van der Waals surface area (Å²) in [4.78, 5) is 6.45. The molecule has 2 aliphatic heterocycles. The Balaban J connectivity index is 1.92. The standard InChI is InChI=1S/C14H20N4O3S/c1-10(19)9-15-14-16-12-5-4-11(18-6-2-3-7-18)8-13(12)22(20,21)17-14/h4-5,8,10,19H,2-3,6-7,9H2,1H3,(H2,15,16,17). The van der Waals surface area contributed by atoms with Gasteiger partial charge in [0, 0.05) is 18.8 Å². The van der Waals surface area contributed by atoms with E-state index in [2.05, 4.69) is 19.9 Å². The van der Waals surface area contributed by atoms with Crippen LogP contribution in [0.15, 0.2) is 28.1 Å². The summed E-state index contributed by atoms with van der Waals surface area (Å²) < 4.78 is 27.2. The Morgan fingerprint density at radius 2 is 2.09 bits per heavy atom. The van der Waals surface area contributed by atoms with Gasteiger partial charge in [-0.25, -0.2) is 18.1 Å². The molecular weight excluding hydrogens is 304 g/mol. The number of benzene rings is 1. The fourth-order valence-corrected chi connectivity index (χ4v) is 3.80. The van der Waals surface area contributed by atoms with Crippen LogP contribution in [-0.4, -0.2) is 45.2 Å². The molecule has 22 heavy (non-hydrogen) atoms. The van der Waals surface area contributed by atoms with Crippen LogP contribution in [0.3, 0.4) is 0 Å². The number of nitrogens with one attached hydrogen (secondary N) is 2. The second kappa shape index (κ2) is 5.77. The van der Waals surface area contributed by atoms with Crippen LogP contribution in [0.25, 0.3) is 0 Å². The summed E-state index contributed by atoms with van der Waals surface area (Å²) in [5, 5.41) is 12.2. The topological polar surface area (TPSA) is 94.0 Å². The van der Waals surface area contributed by atoms with Crippen LogP contribution in [0.1, 0.15) is 19.8 Å². The Labute approximate surface area is 130 Å². The Morgan fingerprint density at radius 1 is 1.36 bits per heavy atom. The maximum absolute atomic E-state index is 12.4. The third-order valence-electron chi connectivity index (χ3n) is 3.72. The first-order chi connectivity index (χ1) is 10.5. The molecular formula is C14H20N4O3S. The highest BCUT2D eigenvalue weighted by atomic mass is 32.2. The smallest absolute Gasteiger partial charge is 0.266 e. The molecule has 2 heterocycles. The number of anilines is 2. The van der Waals surface area contributed by atoms with Gasteiger partial charge in [-0.15, -0.1) is 0 Å². The number of aliphatic imine (C=N–C) groups is 1. The van der Waals surface area contributed by atoms with Crippen LogP contribution >= 0.6 is 0 Å². The third-order valence-corrected chi connectivity index (χ3v) is 5.10. The van der Waals surface area contributed by atoms with Crippen molar-refractivity contribution < 1.29 is 13.5 Å². The van der Waals surface area contributed by atoms with Gasteiger partial charge in [-0.3, -0.25) is 0 Å². The highest BCUT2D eigenvalue weighted by Gasteiger charge is 2.27. The largest absolute Gasteiger partial charge is 0.391 e. The molecule has 1 fully saturated rings. The lowest BCUT2D eigenvalue weighted by atomic mass is 10.2. The Hall–Kier alpha value is -1.80. The van der Waals surface area contributed by atoms with Crippen molar-refractivity contribution in [3.63, 3.8) is 0 Å². The SMILES string of the molecule is CC(O)CN=C1Nc2ccc(N3CCCC3)cc2S(=O)(=O)N1. The molecule has 1 aromatic carbocycles. The van der Waals surface area contributed by atoms with Crippen molar-refractivity contribution in [3.05, 3.63) is 18.2 Å². The van der Waals surface area contributed by atoms with Crippen LogP contribution in [0, 0.1) is 0 Å². The molecule has 1 atom stereocenters. The number of hydrogen-bond acceptors (Lipinski definition) is 5. The Bertz CT molecular complexity index is 694. The normalized spacial score (nSPS) is 22.8. The lowest BCUT2D eigenvalue weighted by molar-refractivity contribution is 0.204. The van der Waals surface area contributed by atoms with E-state index < -0.39 is 16.1 Å². The highest BCUT2D eigenvalue weighted by Crippen LogP contribution is 2.30. The maximum atomic E-state index is 12.4. The molecule has 0 spiro atoms. The van der Waals surface area contributed by atoms with Gasteiger partial charge in [0.25, 0.3) is 10.0 Å². The lowest BCUT2D eigenvalue weighted by Crippen LogP contribution is -2.41. The Morgan fingerprint density at radius 3 is 2.77 bits per heavy atom. The van der Waals surface area contributed by atoms with E-state index in [1.165, 1.54) is 0 Å². The zero-order valence-electron chi connectivity index (χ0n) is 12.4. The van der Waals surface area contributed by atoms with Crippen molar-refractivity contribution in [1.82, 2.24) is 4.72 Å². The molecule has 120 valence electrons. The van der Waals surface area contributed by atoms with Crippen molar-refractivity contribution >= 4 is 27.4 Å². The van der Waals surface area contributed by atoms with Crippen LogP contribution in [0.5, 0.6) is 0 Å². The molecule has 0 aromatic heterocycles. The second-order valence-electron chi connectivity index (χ2n) is 5.64. The van der Waals surface area contributed by atoms with E-state index in [-0.39, 0.29) is 17.4 Å². The summed E-state index contributed by atoms with van der Waals surface area (Å²) >= 11 is 0. The van der Waals surface area contributed by atoms with Crippen molar-refractivity contribution in [1.29, 1.82) is 0 Å². The van der Waals surface area contributed by atoms with Gasteiger partial charge in [0.15, 0.2) is 0 Å². The maximum Gasteiger partial charge on any atom is 0.266 e. The minimum absolute atomic E-state index is 0.131. The molecule has 8 heteroatoms. The number of aliphatic hydroxyl groups is 1. The fourth-order valence-electron chi connectivity index (χ4n) is 2.64. The van der Waals surface area contributed by atoms with E-state index >= 15 is 0 Å². The summed E-state index contributed by atoms with van der Waals surface area (Å²) in [6, 6.07) is 5.38. The van der Waals surface area contributed by atoms with E-state index in [1.54, 1.807) is 19.1 Å². The minimum Gasteiger partial charge on any atom is -0.391 e. The quantitative estimate of drug-likeness (QED) is 0.762. The van der Waals surface area contributed by atoms with Crippen molar-refractivity contribution in [2.45, 2.75) is 30.8 Å². The number of rotatable bonds is 3. The molecule has 0 saturated carbocycles. The van der Waals surface area contributed by atoms with E-state index in [9.17, 15) is 13.5 Å².